The van der Waals surface area contributed by atoms with Gasteiger partial charge in [-0.05, 0) is 36.1 Å². The minimum absolute atomic E-state index is 0.354. The van der Waals surface area contributed by atoms with Crippen LogP contribution in [0.1, 0.15) is 30.9 Å². The molecule has 2 nitrogen and oxygen atoms in total. The van der Waals surface area contributed by atoms with Crippen LogP contribution in [0.25, 0.3) is 0 Å². The molecule has 0 spiro atoms. The Morgan fingerprint density at radius 2 is 1.92 bits per heavy atom. The van der Waals surface area contributed by atoms with E-state index < -0.39 is 0 Å². The monoisotopic (exact) mass is 179 g/mol. The van der Waals surface area contributed by atoms with E-state index in [1.165, 1.54) is 0 Å². The molecule has 2 heteroatoms. The molecule has 13 heavy (non-hydrogen) atoms. The van der Waals surface area contributed by atoms with E-state index in [-0.39, 0.29) is 0 Å². The third kappa shape index (κ3) is 1.94. The molecule has 72 valence electrons. The first kappa shape index (κ1) is 9.90. The van der Waals surface area contributed by atoms with Crippen molar-refractivity contribution in [2.24, 2.45) is 0 Å². The Hall–Kier alpha value is -1.18. The van der Waals surface area contributed by atoms with Crippen LogP contribution in [-0.4, -0.2) is 12.2 Å². The Balaban J connectivity index is 3.22. The highest BCUT2D eigenvalue weighted by atomic mass is 16.3. The van der Waals surface area contributed by atoms with Gasteiger partial charge in [-0.25, -0.2) is 0 Å². The molecule has 0 heterocycles. The van der Waals surface area contributed by atoms with Gasteiger partial charge >= 0.3 is 0 Å². The minimum atomic E-state index is 0.354. The van der Waals surface area contributed by atoms with Crippen LogP contribution in [0.5, 0.6) is 5.75 Å². The van der Waals surface area contributed by atoms with E-state index in [2.05, 4.69) is 19.2 Å². The topological polar surface area (TPSA) is 32.3 Å². The second kappa shape index (κ2) is 3.69. The van der Waals surface area contributed by atoms with Crippen molar-refractivity contribution in [1.29, 1.82) is 0 Å². The summed E-state index contributed by atoms with van der Waals surface area (Å²) in [5.74, 6) is 0.749. The van der Waals surface area contributed by atoms with Gasteiger partial charge in [-0.1, -0.05) is 13.8 Å². The Kier molecular flexibility index (Phi) is 2.81. The van der Waals surface area contributed by atoms with Crippen LogP contribution < -0.4 is 5.32 Å². The predicted molar refractivity (Wildman–Crippen MR) is 56.5 cm³/mol. The molecule has 1 rings (SSSR count). The van der Waals surface area contributed by atoms with Crippen LogP contribution in [0, 0.1) is 6.92 Å². The summed E-state index contributed by atoms with van der Waals surface area (Å²) in [5, 5.41) is 12.8. The zero-order valence-corrected chi connectivity index (χ0v) is 8.68. The summed E-state index contributed by atoms with van der Waals surface area (Å²) in [6.45, 7) is 6.13. The van der Waals surface area contributed by atoms with E-state index >= 15 is 0 Å². The first-order valence-electron chi connectivity index (χ1n) is 4.57. The first-order chi connectivity index (χ1) is 6.06. The van der Waals surface area contributed by atoms with Crippen molar-refractivity contribution in [3.05, 3.63) is 23.3 Å². The number of phenols is 1. The molecule has 0 bridgehead atoms. The maximum atomic E-state index is 9.65. The van der Waals surface area contributed by atoms with Gasteiger partial charge in [0.25, 0.3) is 0 Å². The van der Waals surface area contributed by atoms with Crippen molar-refractivity contribution in [3.63, 3.8) is 0 Å². The summed E-state index contributed by atoms with van der Waals surface area (Å²) >= 11 is 0. The lowest BCUT2D eigenvalue weighted by atomic mass is 9.99. The Bertz CT molecular complexity index is 305. The van der Waals surface area contributed by atoms with Gasteiger partial charge in [-0.15, -0.1) is 0 Å². The zero-order chi connectivity index (χ0) is 10.0. The molecule has 0 atom stereocenters. The van der Waals surface area contributed by atoms with Crippen LogP contribution in [0.2, 0.25) is 0 Å². The summed E-state index contributed by atoms with van der Waals surface area (Å²) in [6.07, 6.45) is 0. The Morgan fingerprint density at radius 1 is 1.31 bits per heavy atom. The standard InChI is InChI=1S/C11H17NO/c1-7(2)9-6-10(12-4)8(3)5-11(9)13/h5-7,12-13H,1-4H3. The van der Waals surface area contributed by atoms with Crippen LogP contribution in [0.15, 0.2) is 12.1 Å². The molecule has 1 aromatic rings. The van der Waals surface area contributed by atoms with E-state index in [9.17, 15) is 5.11 Å². The van der Waals surface area contributed by atoms with E-state index in [0.29, 0.717) is 11.7 Å². The van der Waals surface area contributed by atoms with E-state index in [4.69, 9.17) is 0 Å². The summed E-state index contributed by atoms with van der Waals surface area (Å²) < 4.78 is 0. The molecule has 0 aliphatic rings. The molecule has 2 N–H and O–H groups in total. The number of hydrogen-bond acceptors (Lipinski definition) is 2. The SMILES string of the molecule is CNc1cc(C(C)C)c(O)cc1C. The Labute approximate surface area is 79.6 Å². The number of nitrogens with one attached hydrogen (secondary N) is 1. The van der Waals surface area contributed by atoms with Crippen molar-refractivity contribution >= 4 is 5.69 Å². The fourth-order valence-corrected chi connectivity index (χ4v) is 1.44. The maximum Gasteiger partial charge on any atom is 0.119 e. The van der Waals surface area contributed by atoms with Crippen molar-refractivity contribution in [2.75, 3.05) is 12.4 Å². The number of anilines is 1. The summed E-state index contributed by atoms with van der Waals surface area (Å²) in [7, 11) is 1.89. The van der Waals surface area contributed by atoms with Gasteiger partial charge in [0.1, 0.15) is 5.75 Å². The summed E-state index contributed by atoms with van der Waals surface area (Å²) in [4.78, 5) is 0. The quantitative estimate of drug-likeness (QED) is 0.684. The molecular formula is C11H17NO. The van der Waals surface area contributed by atoms with Crippen molar-refractivity contribution < 1.29 is 5.11 Å². The molecule has 0 fully saturated rings. The lowest BCUT2D eigenvalue weighted by molar-refractivity contribution is 0.464. The van der Waals surface area contributed by atoms with Crippen molar-refractivity contribution in [3.8, 4) is 5.75 Å². The van der Waals surface area contributed by atoms with E-state index in [1.54, 1.807) is 6.07 Å². The van der Waals surface area contributed by atoms with Crippen LogP contribution in [0.4, 0.5) is 5.69 Å². The van der Waals surface area contributed by atoms with Gasteiger partial charge in [0.05, 0.1) is 0 Å². The Morgan fingerprint density at radius 3 is 2.38 bits per heavy atom. The molecule has 0 amide bonds. The molecule has 1 aromatic carbocycles. The highest BCUT2D eigenvalue weighted by molar-refractivity contribution is 5.57. The maximum absolute atomic E-state index is 9.65. The van der Waals surface area contributed by atoms with Gasteiger partial charge < -0.3 is 10.4 Å². The van der Waals surface area contributed by atoms with Gasteiger partial charge in [-0.2, -0.15) is 0 Å². The second-order valence-corrected chi connectivity index (χ2v) is 3.63. The second-order valence-electron chi connectivity index (χ2n) is 3.63. The highest BCUT2D eigenvalue weighted by Gasteiger charge is 2.08. The third-order valence-corrected chi connectivity index (χ3v) is 2.27. The van der Waals surface area contributed by atoms with Crippen LogP contribution in [-0.2, 0) is 0 Å². The lowest BCUT2D eigenvalue weighted by Crippen LogP contribution is -1.95. The number of aryl methyl sites for hydroxylation is 1. The first-order valence-corrected chi connectivity index (χ1v) is 4.57. The van der Waals surface area contributed by atoms with Crippen LogP contribution >= 0.6 is 0 Å². The number of benzene rings is 1. The van der Waals surface area contributed by atoms with Gasteiger partial charge in [0, 0.05) is 12.7 Å². The average Bonchev–Trinajstić information content (AvgIpc) is 2.03. The van der Waals surface area contributed by atoms with E-state index in [1.807, 2.05) is 20.0 Å². The molecule has 0 aliphatic carbocycles. The minimum Gasteiger partial charge on any atom is -0.508 e. The number of rotatable bonds is 2. The molecular weight excluding hydrogens is 162 g/mol. The van der Waals surface area contributed by atoms with Gasteiger partial charge in [0.2, 0.25) is 0 Å². The van der Waals surface area contributed by atoms with Crippen molar-refractivity contribution in [1.82, 2.24) is 0 Å². The summed E-state index contributed by atoms with van der Waals surface area (Å²) in [6, 6.07) is 3.82. The number of phenolic OH excluding ortho intramolecular Hbond substituents is 1. The smallest absolute Gasteiger partial charge is 0.119 e. The zero-order valence-electron chi connectivity index (χ0n) is 8.68. The molecule has 0 saturated heterocycles. The molecule has 0 radical (unpaired) electrons. The lowest BCUT2D eigenvalue weighted by Gasteiger charge is -2.12. The average molecular weight is 179 g/mol. The van der Waals surface area contributed by atoms with Gasteiger partial charge in [0.15, 0.2) is 0 Å². The van der Waals surface area contributed by atoms with Crippen LogP contribution in [0.3, 0.4) is 0 Å². The van der Waals surface area contributed by atoms with E-state index in [0.717, 1.165) is 16.8 Å². The number of aromatic hydroxyl groups is 1. The molecule has 0 unspecified atom stereocenters. The molecule has 0 aliphatic heterocycles. The third-order valence-electron chi connectivity index (χ3n) is 2.27. The largest absolute Gasteiger partial charge is 0.508 e. The summed E-state index contributed by atoms with van der Waals surface area (Å²) in [5.41, 5.74) is 3.15. The predicted octanol–water partition coefficient (Wildman–Crippen LogP) is 2.87. The van der Waals surface area contributed by atoms with Crippen molar-refractivity contribution in [2.45, 2.75) is 26.7 Å². The molecule has 0 aromatic heterocycles. The van der Waals surface area contributed by atoms with Gasteiger partial charge in [-0.3, -0.25) is 0 Å². The normalized spacial score (nSPS) is 10.5. The fraction of sp³-hybridized carbons (Fsp3) is 0.455. The fourth-order valence-electron chi connectivity index (χ4n) is 1.44. The molecule has 0 saturated carbocycles. The highest BCUT2D eigenvalue weighted by Crippen LogP contribution is 2.30. The number of hydrogen-bond donors (Lipinski definition) is 2.